The third-order valence-electron chi connectivity index (χ3n) is 7.01. The van der Waals surface area contributed by atoms with Gasteiger partial charge in [0.1, 0.15) is 0 Å². The van der Waals surface area contributed by atoms with Gasteiger partial charge in [0.15, 0.2) is 0 Å². The molecule has 0 aromatic rings. The average molecular weight is 509 g/mol. The van der Waals surface area contributed by atoms with Gasteiger partial charge in [-0.2, -0.15) is 0 Å². The lowest BCUT2D eigenvalue weighted by Gasteiger charge is -2.11. The van der Waals surface area contributed by atoms with Gasteiger partial charge in [-0.05, 0) is 25.7 Å². The van der Waals surface area contributed by atoms with Gasteiger partial charge in [-0.1, -0.05) is 148 Å². The third-order valence-corrected chi connectivity index (χ3v) is 7.01. The van der Waals surface area contributed by atoms with Crippen LogP contribution in [0.1, 0.15) is 168 Å². The molecule has 0 rings (SSSR count). The van der Waals surface area contributed by atoms with Gasteiger partial charge in [0.25, 0.3) is 0 Å². The lowest BCUT2D eigenvalue weighted by atomic mass is 10.0. The number of hydrogen-bond donors (Lipinski definition) is 1. The number of esters is 1. The van der Waals surface area contributed by atoms with E-state index >= 15 is 0 Å². The molecule has 1 unspecified atom stereocenters. The van der Waals surface area contributed by atoms with Gasteiger partial charge in [0.05, 0.1) is 18.9 Å². The molecule has 0 spiro atoms. The van der Waals surface area contributed by atoms with E-state index in [1.165, 1.54) is 128 Å². The second-order valence-corrected chi connectivity index (χ2v) is 10.7. The number of carbonyl (C=O) groups is 2. The Hall–Kier alpha value is -1.32. The Balaban J connectivity index is 3.41. The second kappa shape index (κ2) is 28.3. The number of rotatable bonds is 28. The van der Waals surface area contributed by atoms with E-state index in [0.717, 1.165) is 12.8 Å². The van der Waals surface area contributed by atoms with Gasteiger partial charge in [-0.15, -0.1) is 0 Å². The molecule has 0 aromatic carbocycles. The van der Waals surface area contributed by atoms with Crippen LogP contribution in [0.3, 0.4) is 0 Å². The van der Waals surface area contributed by atoms with Gasteiger partial charge in [0, 0.05) is 0 Å². The molecule has 0 fully saturated rings. The number of aliphatic carboxylic acids is 1. The number of allylic oxidation sites excluding steroid dienone is 2. The van der Waals surface area contributed by atoms with Crippen LogP contribution in [-0.2, 0) is 14.3 Å². The van der Waals surface area contributed by atoms with Crippen LogP contribution in [0.4, 0.5) is 0 Å². The number of carbonyl (C=O) groups excluding carboxylic acids is 1. The molecule has 1 atom stereocenters. The standard InChI is InChI=1S/C32H60O4/c1-3-5-6-7-8-9-10-11-12-13-14-15-16-17-18-19-20-21-22-23-24-25-26-27-30(29-31(33)34)32(35)36-28-4-2/h25-26,30H,3-24,27-29H2,1-2H3,(H,33,34)/b26-25+. The lowest BCUT2D eigenvalue weighted by molar-refractivity contribution is -0.153. The number of carboxylic acid groups (broad SMARTS) is 1. The van der Waals surface area contributed by atoms with E-state index in [1.807, 2.05) is 13.0 Å². The summed E-state index contributed by atoms with van der Waals surface area (Å²) in [5.41, 5.74) is 0. The van der Waals surface area contributed by atoms with E-state index in [-0.39, 0.29) is 12.4 Å². The Labute approximate surface area is 224 Å². The Morgan fingerprint density at radius 1 is 0.611 bits per heavy atom. The predicted molar refractivity (Wildman–Crippen MR) is 153 cm³/mol. The number of ether oxygens (including phenoxy) is 1. The maximum Gasteiger partial charge on any atom is 0.309 e. The fraction of sp³-hybridized carbons (Fsp3) is 0.875. The Morgan fingerprint density at radius 2 is 1.03 bits per heavy atom. The highest BCUT2D eigenvalue weighted by Gasteiger charge is 2.21. The van der Waals surface area contributed by atoms with Gasteiger partial charge in [-0.25, -0.2) is 0 Å². The number of unbranched alkanes of at least 4 members (excludes halogenated alkanes) is 20. The summed E-state index contributed by atoms with van der Waals surface area (Å²) in [4.78, 5) is 23.0. The van der Waals surface area contributed by atoms with Crippen LogP contribution in [0, 0.1) is 5.92 Å². The first-order chi connectivity index (χ1) is 17.6. The first kappa shape index (κ1) is 34.7. The van der Waals surface area contributed by atoms with Crippen LogP contribution in [-0.4, -0.2) is 23.7 Å². The molecule has 1 N–H and O–H groups in total. The molecule has 4 heteroatoms. The second-order valence-electron chi connectivity index (χ2n) is 10.7. The molecule has 4 nitrogen and oxygen atoms in total. The molecule has 0 aliphatic carbocycles. The number of hydrogen-bond acceptors (Lipinski definition) is 3. The summed E-state index contributed by atoms with van der Waals surface area (Å²) in [7, 11) is 0. The summed E-state index contributed by atoms with van der Waals surface area (Å²) in [5, 5.41) is 9.01. The quantitative estimate of drug-likeness (QED) is 0.0648. The topological polar surface area (TPSA) is 63.6 Å². The summed E-state index contributed by atoms with van der Waals surface area (Å²) in [5.74, 6) is -1.90. The van der Waals surface area contributed by atoms with Crippen LogP contribution in [0.15, 0.2) is 12.2 Å². The zero-order valence-corrected chi connectivity index (χ0v) is 24.1. The van der Waals surface area contributed by atoms with Crippen LogP contribution in [0.5, 0.6) is 0 Å². The van der Waals surface area contributed by atoms with E-state index in [4.69, 9.17) is 9.84 Å². The van der Waals surface area contributed by atoms with Gasteiger partial charge in [0.2, 0.25) is 0 Å². The maximum absolute atomic E-state index is 12.0. The lowest BCUT2D eigenvalue weighted by Crippen LogP contribution is -2.20. The van der Waals surface area contributed by atoms with E-state index < -0.39 is 11.9 Å². The van der Waals surface area contributed by atoms with E-state index in [9.17, 15) is 9.59 Å². The van der Waals surface area contributed by atoms with Crippen molar-refractivity contribution in [2.75, 3.05) is 6.61 Å². The summed E-state index contributed by atoms with van der Waals surface area (Å²) >= 11 is 0. The van der Waals surface area contributed by atoms with Crippen LogP contribution >= 0.6 is 0 Å². The minimum atomic E-state index is -0.948. The molecule has 0 heterocycles. The summed E-state index contributed by atoms with van der Waals surface area (Å²) < 4.78 is 5.12. The molecule has 0 bridgehead atoms. The van der Waals surface area contributed by atoms with Crippen LogP contribution < -0.4 is 0 Å². The van der Waals surface area contributed by atoms with Gasteiger partial charge < -0.3 is 9.84 Å². The first-order valence-electron chi connectivity index (χ1n) is 15.6. The minimum Gasteiger partial charge on any atom is -0.481 e. The molecule has 36 heavy (non-hydrogen) atoms. The van der Waals surface area contributed by atoms with Crippen LogP contribution in [0.2, 0.25) is 0 Å². The van der Waals surface area contributed by atoms with Crippen LogP contribution in [0.25, 0.3) is 0 Å². The fourth-order valence-corrected chi connectivity index (χ4v) is 4.69. The van der Waals surface area contributed by atoms with Crippen molar-refractivity contribution in [1.82, 2.24) is 0 Å². The van der Waals surface area contributed by atoms with Crippen molar-refractivity contribution in [2.24, 2.45) is 5.92 Å². The SMILES string of the molecule is CCCCCCCCCCCCCCCCCCCCCC/C=C/CC(CC(=O)O)C(=O)OCCC. The van der Waals surface area contributed by atoms with Crippen molar-refractivity contribution in [3.05, 3.63) is 12.2 Å². The molecule has 0 saturated heterocycles. The maximum atomic E-state index is 12.0. The molecule has 0 amide bonds. The first-order valence-corrected chi connectivity index (χ1v) is 15.6. The van der Waals surface area contributed by atoms with E-state index in [0.29, 0.717) is 13.0 Å². The highest BCUT2D eigenvalue weighted by atomic mass is 16.5. The molecule has 0 saturated carbocycles. The molecule has 212 valence electrons. The molecule has 0 aliphatic heterocycles. The Bertz CT molecular complexity index is 514. The Kier molecular flexibility index (Phi) is 27.2. The molecular formula is C32H60O4. The largest absolute Gasteiger partial charge is 0.481 e. The Morgan fingerprint density at radius 3 is 1.42 bits per heavy atom. The molecular weight excluding hydrogens is 448 g/mol. The van der Waals surface area contributed by atoms with Crippen molar-refractivity contribution in [1.29, 1.82) is 0 Å². The van der Waals surface area contributed by atoms with Crippen molar-refractivity contribution in [3.63, 3.8) is 0 Å². The van der Waals surface area contributed by atoms with Crippen molar-refractivity contribution in [3.8, 4) is 0 Å². The minimum absolute atomic E-state index is 0.161. The molecule has 0 aromatic heterocycles. The normalized spacial score (nSPS) is 12.3. The highest BCUT2D eigenvalue weighted by Crippen LogP contribution is 2.16. The van der Waals surface area contributed by atoms with Crippen molar-refractivity contribution < 1.29 is 19.4 Å². The third kappa shape index (κ3) is 25.8. The highest BCUT2D eigenvalue weighted by molar-refractivity contribution is 5.79. The van der Waals surface area contributed by atoms with E-state index in [1.54, 1.807) is 0 Å². The van der Waals surface area contributed by atoms with Gasteiger partial charge in [-0.3, -0.25) is 9.59 Å². The predicted octanol–water partition coefficient (Wildman–Crippen LogP) is 10.2. The average Bonchev–Trinajstić information content (AvgIpc) is 2.86. The smallest absolute Gasteiger partial charge is 0.309 e. The zero-order chi connectivity index (χ0) is 26.5. The monoisotopic (exact) mass is 508 g/mol. The summed E-state index contributed by atoms with van der Waals surface area (Å²) in [6.45, 7) is 4.58. The fourth-order valence-electron chi connectivity index (χ4n) is 4.69. The summed E-state index contributed by atoms with van der Waals surface area (Å²) in [6, 6.07) is 0. The zero-order valence-electron chi connectivity index (χ0n) is 24.1. The molecule has 0 aliphatic rings. The van der Waals surface area contributed by atoms with Gasteiger partial charge >= 0.3 is 11.9 Å². The number of carboxylic acids is 1. The summed E-state index contributed by atoms with van der Waals surface area (Å²) in [6.07, 6.45) is 33.9. The van der Waals surface area contributed by atoms with Crippen molar-refractivity contribution in [2.45, 2.75) is 168 Å². The van der Waals surface area contributed by atoms with Crippen molar-refractivity contribution >= 4 is 11.9 Å². The van der Waals surface area contributed by atoms with E-state index in [2.05, 4.69) is 13.0 Å². The molecule has 0 radical (unpaired) electrons.